The Morgan fingerprint density at radius 1 is 1.40 bits per heavy atom. The van der Waals surface area contributed by atoms with Crippen molar-refractivity contribution in [3.05, 3.63) is 28.8 Å². The molecule has 0 saturated carbocycles. The predicted molar refractivity (Wildman–Crippen MR) is 60.9 cm³/mol. The highest BCUT2D eigenvalue weighted by Crippen LogP contribution is 2.27. The summed E-state index contributed by atoms with van der Waals surface area (Å²) in [6, 6.07) is 3.92. The van der Waals surface area contributed by atoms with Crippen molar-refractivity contribution >= 4 is 0 Å². The van der Waals surface area contributed by atoms with E-state index in [1.165, 1.54) is 0 Å². The Labute approximate surface area is 90.9 Å². The van der Waals surface area contributed by atoms with Crippen molar-refractivity contribution < 1.29 is 9.84 Å². The summed E-state index contributed by atoms with van der Waals surface area (Å²) in [4.78, 5) is 0. The highest BCUT2D eigenvalue weighted by Gasteiger charge is 2.09. The molecule has 3 heteroatoms. The molecule has 0 aromatic heterocycles. The van der Waals surface area contributed by atoms with E-state index in [9.17, 15) is 5.11 Å². The van der Waals surface area contributed by atoms with E-state index in [1.54, 1.807) is 7.11 Å². The number of hydrogen-bond acceptors (Lipinski definition) is 3. The average molecular weight is 209 g/mol. The van der Waals surface area contributed by atoms with Gasteiger partial charge < -0.3 is 15.6 Å². The fraction of sp³-hybridized carbons (Fsp3) is 0.500. The number of phenols is 1. The molecular formula is C12H19NO2. The van der Waals surface area contributed by atoms with Gasteiger partial charge in [-0.05, 0) is 43.0 Å². The van der Waals surface area contributed by atoms with Gasteiger partial charge in [-0.2, -0.15) is 0 Å². The molecule has 0 saturated heterocycles. The van der Waals surface area contributed by atoms with E-state index in [1.807, 2.05) is 19.1 Å². The van der Waals surface area contributed by atoms with Crippen molar-refractivity contribution in [2.75, 3.05) is 13.7 Å². The van der Waals surface area contributed by atoms with Gasteiger partial charge in [0.2, 0.25) is 0 Å². The Morgan fingerprint density at radius 2 is 2.13 bits per heavy atom. The molecule has 0 aliphatic rings. The standard InChI is InChI=1S/C12H19NO2/c1-9-5-6-10(8-15-2)11(12(9)14)4-3-7-13/h5-6,14H,3-4,7-8,13H2,1-2H3. The number of phenolic OH excluding ortho intramolecular Hbond substituents is 1. The SMILES string of the molecule is COCc1ccc(C)c(O)c1CCCN. The average Bonchev–Trinajstić information content (AvgIpc) is 2.23. The van der Waals surface area contributed by atoms with Crippen molar-refractivity contribution in [3.63, 3.8) is 0 Å². The van der Waals surface area contributed by atoms with Crippen molar-refractivity contribution in [1.82, 2.24) is 0 Å². The maximum atomic E-state index is 9.94. The van der Waals surface area contributed by atoms with Crippen LogP contribution < -0.4 is 5.73 Å². The molecule has 0 spiro atoms. The first-order valence-corrected chi connectivity index (χ1v) is 5.20. The summed E-state index contributed by atoms with van der Waals surface area (Å²) in [5.74, 6) is 0.387. The lowest BCUT2D eigenvalue weighted by Gasteiger charge is -2.12. The Morgan fingerprint density at radius 3 is 2.73 bits per heavy atom. The van der Waals surface area contributed by atoms with Crippen LogP contribution in [0.25, 0.3) is 0 Å². The first-order chi connectivity index (χ1) is 7.20. The van der Waals surface area contributed by atoms with E-state index >= 15 is 0 Å². The van der Waals surface area contributed by atoms with E-state index in [4.69, 9.17) is 10.5 Å². The second kappa shape index (κ2) is 5.73. The summed E-state index contributed by atoms with van der Waals surface area (Å²) in [5.41, 5.74) is 8.40. The van der Waals surface area contributed by atoms with Crippen LogP contribution in [0.1, 0.15) is 23.1 Å². The molecule has 3 N–H and O–H groups in total. The van der Waals surface area contributed by atoms with Crippen molar-refractivity contribution in [2.24, 2.45) is 5.73 Å². The van der Waals surface area contributed by atoms with Crippen LogP contribution >= 0.6 is 0 Å². The molecule has 1 rings (SSSR count). The van der Waals surface area contributed by atoms with Gasteiger partial charge in [0, 0.05) is 7.11 Å². The minimum atomic E-state index is 0.387. The van der Waals surface area contributed by atoms with Crippen molar-refractivity contribution in [3.8, 4) is 5.75 Å². The highest BCUT2D eigenvalue weighted by molar-refractivity contribution is 5.44. The molecule has 0 unspecified atom stereocenters. The van der Waals surface area contributed by atoms with E-state index in [0.29, 0.717) is 18.9 Å². The van der Waals surface area contributed by atoms with Gasteiger partial charge in [0.1, 0.15) is 5.75 Å². The number of aryl methyl sites for hydroxylation is 1. The maximum Gasteiger partial charge on any atom is 0.122 e. The second-order valence-corrected chi connectivity index (χ2v) is 3.69. The van der Waals surface area contributed by atoms with Gasteiger partial charge in [-0.3, -0.25) is 0 Å². The zero-order valence-corrected chi connectivity index (χ0v) is 9.42. The van der Waals surface area contributed by atoms with E-state index in [0.717, 1.165) is 29.5 Å². The van der Waals surface area contributed by atoms with Crippen molar-refractivity contribution in [1.29, 1.82) is 0 Å². The summed E-state index contributed by atoms with van der Waals surface area (Å²) in [6.45, 7) is 3.07. The number of ether oxygens (including phenoxy) is 1. The summed E-state index contributed by atoms with van der Waals surface area (Å²) >= 11 is 0. The van der Waals surface area contributed by atoms with Gasteiger partial charge in [-0.15, -0.1) is 0 Å². The number of hydrogen-bond donors (Lipinski definition) is 2. The van der Waals surface area contributed by atoms with E-state index in [2.05, 4.69) is 0 Å². The lowest BCUT2D eigenvalue weighted by Crippen LogP contribution is -2.04. The molecular weight excluding hydrogens is 190 g/mol. The maximum absolute atomic E-state index is 9.94. The third-order valence-corrected chi connectivity index (χ3v) is 2.51. The van der Waals surface area contributed by atoms with Gasteiger partial charge >= 0.3 is 0 Å². The quantitative estimate of drug-likeness (QED) is 0.776. The summed E-state index contributed by atoms with van der Waals surface area (Å²) in [6.07, 6.45) is 1.69. The molecule has 3 nitrogen and oxygen atoms in total. The van der Waals surface area contributed by atoms with Crippen LogP contribution in [0.3, 0.4) is 0 Å². The summed E-state index contributed by atoms with van der Waals surface area (Å²) in [5, 5.41) is 9.94. The lowest BCUT2D eigenvalue weighted by atomic mass is 9.99. The molecule has 84 valence electrons. The zero-order valence-electron chi connectivity index (χ0n) is 9.42. The van der Waals surface area contributed by atoms with Crippen LogP contribution in [0.4, 0.5) is 0 Å². The van der Waals surface area contributed by atoms with Gasteiger partial charge in [0.25, 0.3) is 0 Å². The molecule has 0 amide bonds. The Balaban J connectivity index is 2.99. The molecule has 0 radical (unpaired) electrons. The fourth-order valence-electron chi connectivity index (χ4n) is 1.64. The fourth-order valence-corrected chi connectivity index (χ4v) is 1.64. The normalized spacial score (nSPS) is 10.6. The second-order valence-electron chi connectivity index (χ2n) is 3.69. The van der Waals surface area contributed by atoms with Crippen LogP contribution in [-0.2, 0) is 17.8 Å². The third kappa shape index (κ3) is 2.94. The number of methoxy groups -OCH3 is 1. The molecule has 1 aromatic carbocycles. The number of nitrogens with two attached hydrogens (primary N) is 1. The van der Waals surface area contributed by atoms with Crippen LogP contribution in [0.5, 0.6) is 5.75 Å². The molecule has 1 aromatic rings. The minimum absolute atomic E-state index is 0.387. The van der Waals surface area contributed by atoms with Gasteiger partial charge in [0.15, 0.2) is 0 Å². The molecule has 15 heavy (non-hydrogen) atoms. The Hall–Kier alpha value is -1.06. The van der Waals surface area contributed by atoms with Crippen LogP contribution in [0.15, 0.2) is 12.1 Å². The van der Waals surface area contributed by atoms with Gasteiger partial charge in [0.05, 0.1) is 6.61 Å². The predicted octanol–water partition coefficient (Wildman–Crippen LogP) is 1.74. The monoisotopic (exact) mass is 209 g/mol. The Bertz CT molecular complexity index is 324. The first-order valence-electron chi connectivity index (χ1n) is 5.20. The lowest BCUT2D eigenvalue weighted by molar-refractivity contribution is 0.183. The summed E-state index contributed by atoms with van der Waals surface area (Å²) < 4.78 is 5.10. The molecule has 0 aliphatic carbocycles. The molecule has 0 heterocycles. The minimum Gasteiger partial charge on any atom is -0.507 e. The first kappa shape index (κ1) is 12.0. The summed E-state index contributed by atoms with van der Waals surface area (Å²) in [7, 11) is 1.66. The topological polar surface area (TPSA) is 55.5 Å². The van der Waals surface area contributed by atoms with Gasteiger partial charge in [-0.25, -0.2) is 0 Å². The third-order valence-electron chi connectivity index (χ3n) is 2.51. The number of rotatable bonds is 5. The highest BCUT2D eigenvalue weighted by atomic mass is 16.5. The molecule has 0 atom stereocenters. The number of aromatic hydroxyl groups is 1. The van der Waals surface area contributed by atoms with Gasteiger partial charge in [-0.1, -0.05) is 12.1 Å². The van der Waals surface area contributed by atoms with E-state index < -0.39 is 0 Å². The largest absolute Gasteiger partial charge is 0.507 e. The molecule has 0 bridgehead atoms. The zero-order chi connectivity index (χ0) is 11.3. The smallest absolute Gasteiger partial charge is 0.122 e. The van der Waals surface area contributed by atoms with Crippen LogP contribution in [-0.4, -0.2) is 18.8 Å². The van der Waals surface area contributed by atoms with Crippen LogP contribution in [0.2, 0.25) is 0 Å². The van der Waals surface area contributed by atoms with Crippen molar-refractivity contribution in [2.45, 2.75) is 26.4 Å². The Kier molecular flexibility index (Phi) is 4.59. The molecule has 0 fully saturated rings. The van der Waals surface area contributed by atoms with E-state index in [-0.39, 0.29) is 0 Å². The molecule has 0 aliphatic heterocycles. The number of benzene rings is 1. The van der Waals surface area contributed by atoms with Crippen LogP contribution in [0, 0.1) is 6.92 Å².